The van der Waals surface area contributed by atoms with Crippen LogP contribution in [0.2, 0.25) is 5.02 Å². The van der Waals surface area contributed by atoms with Crippen LogP contribution in [0.5, 0.6) is 0 Å². The predicted molar refractivity (Wildman–Crippen MR) is 60.8 cm³/mol. The first-order valence-corrected chi connectivity index (χ1v) is 6.10. The van der Waals surface area contributed by atoms with Crippen LogP contribution >= 0.6 is 11.6 Å². The van der Waals surface area contributed by atoms with Crippen molar-refractivity contribution in [2.45, 2.75) is 18.2 Å². The minimum atomic E-state index is -4.08. The lowest BCUT2D eigenvalue weighted by atomic mass is 10.4. The lowest BCUT2D eigenvalue weighted by Crippen LogP contribution is -2.06. The van der Waals surface area contributed by atoms with Gasteiger partial charge in [-0.1, -0.05) is 18.5 Å². The van der Waals surface area contributed by atoms with Crippen LogP contribution in [0.3, 0.4) is 0 Å². The highest BCUT2D eigenvalue weighted by molar-refractivity contribution is 7.85. The summed E-state index contributed by atoms with van der Waals surface area (Å²) < 4.78 is 29.4. The number of halogens is 1. The molecule has 5 nitrogen and oxygen atoms in total. The molecule has 0 saturated carbocycles. The number of carbonyl (C=O) groups is 1. The van der Waals surface area contributed by atoms with Crippen LogP contribution in [0.4, 0.5) is 0 Å². The Kier molecular flexibility index (Phi) is 6.02. The molecule has 0 atom stereocenters. The fraction of sp³-hybridized carbons (Fsp3) is 0.222. The van der Waals surface area contributed by atoms with E-state index in [1.165, 1.54) is 24.3 Å². The average molecular weight is 266 g/mol. The van der Waals surface area contributed by atoms with Crippen molar-refractivity contribution in [1.82, 2.24) is 0 Å². The maximum Gasteiger partial charge on any atom is 0.294 e. The minimum absolute atomic E-state index is 0.151. The lowest BCUT2D eigenvalue weighted by molar-refractivity contribution is -0.117. The Balaban J connectivity index is 0.000000385. The summed E-state index contributed by atoms with van der Waals surface area (Å²) in [7, 11) is -4.08. The summed E-state index contributed by atoms with van der Waals surface area (Å²) in [5.41, 5.74) is 4.65. The standard InChI is InChI=1S/C6H5ClO3S.C3H7NO/c7-5-1-3-6(4-2-5)11(8,9)10;1-2-3(4)5/h1-4H,(H,8,9,10);2H2,1H3,(H2,4,5). The van der Waals surface area contributed by atoms with Crippen LogP contribution in [0.15, 0.2) is 29.2 Å². The molecule has 0 heterocycles. The number of hydrogen-bond acceptors (Lipinski definition) is 3. The first-order chi connectivity index (χ1) is 7.27. The van der Waals surface area contributed by atoms with Gasteiger partial charge < -0.3 is 5.73 Å². The zero-order valence-electron chi connectivity index (χ0n) is 8.55. The van der Waals surface area contributed by atoms with Crippen LogP contribution in [-0.2, 0) is 14.9 Å². The van der Waals surface area contributed by atoms with Gasteiger partial charge in [0.1, 0.15) is 0 Å². The van der Waals surface area contributed by atoms with Gasteiger partial charge in [-0.15, -0.1) is 0 Å². The number of amides is 1. The maximum atomic E-state index is 10.5. The molecule has 0 aliphatic carbocycles. The molecular weight excluding hydrogens is 254 g/mol. The Morgan fingerprint density at radius 1 is 1.38 bits per heavy atom. The number of rotatable bonds is 2. The smallest absolute Gasteiger partial charge is 0.294 e. The van der Waals surface area contributed by atoms with Crippen molar-refractivity contribution in [2.75, 3.05) is 0 Å². The number of carbonyl (C=O) groups excluding carboxylic acids is 1. The van der Waals surface area contributed by atoms with Gasteiger partial charge in [0, 0.05) is 11.4 Å². The Labute approximate surface area is 99.0 Å². The zero-order chi connectivity index (χ0) is 12.8. The Hall–Kier alpha value is -1.11. The van der Waals surface area contributed by atoms with Crippen molar-refractivity contribution in [1.29, 1.82) is 0 Å². The van der Waals surface area contributed by atoms with Crippen molar-refractivity contribution in [3.05, 3.63) is 29.3 Å². The van der Waals surface area contributed by atoms with Gasteiger partial charge in [-0.05, 0) is 24.3 Å². The Morgan fingerprint density at radius 2 is 1.75 bits per heavy atom. The van der Waals surface area contributed by atoms with E-state index in [2.05, 4.69) is 5.73 Å². The highest BCUT2D eigenvalue weighted by Crippen LogP contribution is 2.12. The molecule has 0 spiro atoms. The number of primary amides is 1. The van der Waals surface area contributed by atoms with Crippen LogP contribution in [-0.4, -0.2) is 18.9 Å². The van der Waals surface area contributed by atoms with Gasteiger partial charge >= 0.3 is 0 Å². The third-order valence-corrected chi connectivity index (χ3v) is 2.58. The second-order valence-electron chi connectivity index (χ2n) is 2.75. The van der Waals surface area contributed by atoms with Crippen LogP contribution < -0.4 is 5.73 Å². The SMILES string of the molecule is CCC(N)=O.O=S(=O)(O)c1ccc(Cl)cc1. The normalized spacial score (nSPS) is 10.2. The van der Waals surface area contributed by atoms with Gasteiger partial charge in [-0.3, -0.25) is 9.35 Å². The van der Waals surface area contributed by atoms with Gasteiger partial charge in [0.05, 0.1) is 4.90 Å². The topological polar surface area (TPSA) is 97.5 Å². The van der Waals surface area contributed by atoms with E-state index in [-0.39, 0.29) is 10.8 Å². The second kappa shape index (κ2) is 6.47. The second-order valence-corrected chi connectivity index (χ2v) is 4.61. The molecule has 0 unspecified atom stereocenters. The van der Waals surface area contributed by atoms with Gasteiger partial charge in [-0.25, -0.2) is 0 Å². The maximum absolute atomic E-state index is 10.5. The predicted octanol–water partition coefficient (Wildman–Crippen LogP) is 1.47. The molecule has 0 radical (unpaired) electrons. The van der Waals surface area contributed by atoms with Gasteiger partial charge in [-0.2, -0.15) is 8.42 Å². The molecule has 3 N–H and O–H groups in total. The van der Waals surface area contributed by atoms with E-state index in [1.807, 2.05) is 0 Å². The number of nitrogens with two attached hydrogens (primary N) is 1. The van der Waals surface area contributed by atoms with E-state index in [0.717, 1.165) is 0 Å². The summed E-state index contributed by atoms with van der Waals surface area (Å²) in [6.07, 6.45) is 0.444. The van der Waals surface area contributed by atoms with E-state index in [1.54, 1.807) is 6.92 Å². The van der Waals surface area contributed by atoms with E-state index < -0.39 is 10.1 Å². The van der Waals surface area contributed by atoms with Crippen molar-refractivity contribution in [3.8, 4) is 0 Å². The lowest BCUT2D eigenvalue weighted by Gasteiger charge is -1.94. The van der Waals surface area contributed by atoms with Crippen molar-refractivity contribution in [3.63, 3.8) is 0 Å². The fourth-order valence-electron chi connectivity index (χ4n) is 0.607. The molecular formula is C9H12ClNO4S. The summed E-state index contributed by atoms with van der Waals surface area (Å²) in [4.78, 5) is 9.44. The zero-order valence-corrected chi connectivity index (χ0v) is 10.1. The first-order valence-electron chi connectivity index (χ1n) is 4.28. The van der Waals surface area contributed by atoms with Gasteiger partial charge in [0.2, 0.25) is 5.91 Å². The largest absolute Gasteiger partial charge is 0.370 e. The molecule has 0 aliphatic rings. The van der Waals surface area contributed by atoms with Crippen molar-refractivity contribution < 1.29 is 17.8 Å². The summed E-state index contributed by atoms with van der Waals surface area (Å²) in [6, 6.07) is 5.25. The molecule has 1 amide bonds. The number of hydrogen-bond donors (Lipinski definition) is 2. The van der Waals surface area contributed by atoms with Crippen LogP contribution in [0.1, 0.15) is 13.3 Å². The molecule has 0 aromatic heterocycles. The molecule has 7 heteroatoms. The van der Waals surface area contributed by atoms with E-state index in [9.17, 15) is 13.2 Å². The Morgan fingerprint density at radius 3 is 2.00 bits per heavy atom. The monoisotopic (exact) mass is 265 g/mol. The molecule has 1 rings (SSSR count). The molecule has 0 aliphatic heterocycles. The van der Waals surface area contributed by atoms with Crippen molar-refractivity contribution >= 4 is 27.6 Å². The van der Waals surface area contributed by atoms with Gasteiger partial charge in [0.15, 0.2) is 0 Å². The van der Waals surface area contributed by atoms with Gasteiger partial charge in [0.25, 0.3) is 10.1 Å². The summed E-state index contributed by atoms with van der Waals surface area (Å²) in [6.45, 7) is 1.72. The average Bonchev–Trinajstić information content (AvgIpc) is 2.18. The van der Waals surface area contributed by atoms with E-state index >= 15 is 0 Å². The third-order valence-electron chi connectivity index (χ3n) is 1.46. The fourth-order valence-corrected chi connectivity index (χ4v) is 1.21. The van der Waals surface area contributed by atoms with E-state index in [0.29, 0.717) is 11.4 Å². The van der Waals surface area contributed by atoms with E-state index in [4.69, 9.17) is 16.2 Å². The van der Waals surface area contributed by atoms with Crippen LogP contribution in [0, 0.1) is 0 Å². The highest BCUT2D eigenvalue weighted by Gasteiger charge is 2.07. The molecule has 0 fully saturated rings. The molecule has 0 bridgehead atoms. The molecule has 16 heavy (non-hydrogen) atoms. The van der Waals surface area contributed by atoms with Crippen molar-refractivity contribution in [2.24, 2.45) is 5.73 Å². The molecule has 1 aromatic rings. The molecule has 90 valence electrons. The summed E-state index contributed by atoms with van der Waals surface area (Å²) >= 11 is 5.49. The minimum Gasteiger partial charge on any atom is -0.370 e. The summed E-state index contributed by atoms with van der Waals surface area (Å²) in [5.74, 6) is -0.245. The third kappa shape index (κ3) is 6.39. The molecule has 0 saturated heterocycles. The Bertz CT molecular complexity index is 441. The van der Waals surface area contributed by atoms with Crippen LogP contribution in [0.25, 0.3) is 0 Å². The first kappa shape index (κ1) is 14.9. The summed E-state index contributed by atoms with van der Waals surface area (Å²) in [5, 5.41) is 0.428. The molecule has 1 aromatic carbocycles. The quantitative estimate of drug-likeness (QED) is 0.791. The highest BCUT2D eigenvalue weighted by atomic mass is 35.5. The number of benzene rings is 1.